The number of halogens is 1. The van der Waals surface area contributed by atoms with Gasteiger partial charge in [0.15, 0.2) is 0 Å². The Morgan fingerprint density at radius 2 is 1.77 bits per heavy atom. The van der Waals surface area contributed by atoms with Crippen molar-refractivity contribution in [3.8, 4) is 22.8 Å². The molecular formula is C28H29ClN4O2. The van der Waals surface area contributed by atoms with Crippen LogP contribution in [0.3, 0.4) is 0 Å². The highest BCUT2D eigenvalue weighted by molar-refractivity contribution is 6.32. The van der Waals surface area contributed by atoms with Crippen molar-refractivity contribution in [2.45, 2.75) is 53.6 Å². The van der Waals surface area contributed by atoms with Crippen LogP contribution in [0.2, 0.25) is 5.02 Å². The summed E-state index contributed by atoms with van der Waals surface area (Å²) in [4.78, 5) is 27.2. The molecule has 2 aromatic heterocycles. The van der Waals surface area contributed by atoms with Crippen molar-refractivity contribution in [1.82, 2.24) is 19.5 Å². The van der Waals surface area contributed by atoms with Gasteiger partial charge in [-0.15, -0.1) is 0 Å². The summed E-state index contributed by atoms with van der Waals surface area (Å²) in [6.07, 6.45) is 1.75. The molecular weight excluding hydrogens is 460 g/mol. The highest BCUT2D eigenvalue weighted by atomic mass is 35.5. The Morgan fingerprint density at radius 3 is 2.49 bits per heavy atom. The lowest BCUT2D eigenvalue weighted by Crippen LogP contribution is -2.25. The Morgan fingerprint density at radius 1 is 1.00 bits per heavy atom. The fourth-order valence-corrected chi connectivity index (χ4v) is 3.99. The number of rotatable bonds is 5. The van der Waals surface area contributed by atoms with Crippen molar-refractivity contribution in [3.63, 3.8) is 0 Å². The van der Waals surface area contributed by atoms with E-state index in [1.165, 1.54) is 4.57 Å². The van der Waals surface area contributed by atoms with Gasteiger partial charge in [0, 0.05) is 17.2 Å². The average Bonchev–Trinajstić information content (AvgIpc) is 2.81. The van der Waals surface area contributed by atoms with Crippen LogP contribution >= 0.6 is 11.6 Å². The predicted molar refractivity (Wildman–Crippen MR) is 140 cm³/mol. The highest BCUT2D eigenvalue weighted by Gasteiger charge is 2.19. The van der Waals surface area contributed by atoms with Gasteiger partial charge in [0.2, 0.25) is 5.88 Å². The Bertz CT molecular complexity index is 1450. The molecule has 7 heteroatoms. The van der Waals surface area contributed by atoms with Gasteiger partial charge in [-0.05, 0) is 44.5 Å². The van der Waals surface area contributed by atoms with Gasteiger partial charge in [-0.3, -0.25) is 9.36 Å². The number of aromatic nitrogens is 4. The van der Waals surface area contributed by atoms with Crippen molar-refractivity contribution >= 4 is 11.6 Å². The summed E-state index contributed by atoms with van der Waals surface area (Å²) in [6.45, 7) is 12.1. The summed E-state index contributed by atoms with van der Waals surface area (Å²) in [7, 11) is 0. The first-order chi connectivity index (χ1) is 16.5. The van der Waals surface area contributed by atoms with Gasteiger partial charge in [-0.25, -0.2) is 9.97 Å². The van der Waals surface area contributed by atoms with Crippen LogP contribution in [0.4, 0.5) is 0 Å². The fourth-order valence-electron chi connectivity index (χ4n) is 3.79. The maximum absolute atomic E-state index is 13.4. The predicted octanol–water partition coefficient (Wildman–Crippen LogP) is 6.14. The Labute approximate surface area is 210 Å². The molecule has 0 amide bonds. The fraction of sp³-hybridized carbons (Fsp3) is 0.286. The van der Waals surface area contributed by atoms with Crippen molar-refractivity contribution in [2.24, 2.45) is 0 Å². The van der Waals surface area contributed by atoms with E-state index in [9.17, 15) is 4.79 Å². The van der Waals surface area contributed by atoms with Crippen molar-refractivity contribution in [3.05, 3.63) is 98.4 Å². The molecule has 6 nitrogen and oxygen atoms in total. The molecule has 0 atom stereocenters. The molecule has 2 aromatic carbocycles. The van der Waals surface area contributed by atoms with E-state index in [0.29, 0.717) is 34.6 Å². The lowest BCUT2D eigenvalue weighted by molar-refractivity contribution is 0.289. The van der Waals surface area contributed by atoms with Crippen LogP contribution in [-0.2, 0) is 12.0 Å². The Kier molecular flexibility index (Phi) is 6.77. The van der Waals surface area contributed by atoms with Crippen molar-refractivity contribution in [1.29, 1.82) is 0 Å². The molecule has 4 rings (SSSR count). The van der Waals surface area contributed by atoms with Crippen LogP contribution < -0.4 is 10.3 Å². The summed E-state index contributed by atoms with van der Waals surface area (Å²) in [5.74, 6) is 1.55. The topological polar surface area (TPSA) is 69.9 Å². The minimum Gasteiger partial charge on any atom is -0.472 e. The van der Waals surface area contributed by atoms with E-state index in [0.717, 1.165) is 28.2 Å². The van der Waals surface area contributed by atoms with E-state index >= 15 is 0 Å². The second-order valence-electron chi connectivity index (χ2n) is 9.69. The molecule has 4 aromatic rings. The minimum atomic E-state index is -0.228. The zero-order valence-electron chi connectivity index (χ0n) is 20.9. The monoisotopic (exact) mass is 488 g/mol. The maximum Gasteiger partial charge on any atom is 0.264 e. The maximum atomic E-state index is 13.4. The summed E-state index contributed by atoms with van der Waals surface area (Å²) in [5.41, 5.74) is 4.31. The molecule has 180 valence electrons. The molecule has 0 radical (unpaired) electrons. The third-order valence-electron chi connectivity index (χ3n) is 5.70. The van der Waals surface area contributed by atoms with E-state index in [-0.39, 0.29) is 11.0 Å². The third-order valence-corrected chi connectivity index (χ3v) is 6.02. The van der Waals surface area contributed by atoms with Crippen LogP contribution in [-0.4, -0.2) is 19.5 Å². The zero-order valence-corrected chi connectivity index (χ0v) is 21.6. The lowest BCUT2D eigenvalue weighted by atomic mass is 9.95. The standard InChI is InChI=1S/C28H29ClN4O2/c1-17-8-7-9-20(14-17)16-35-25-18(2)26(34)33(19(3)31-25)24-15-21(10-11-22(24)29)23-12-13-30-27(32-23)28(4,5)6/h7-15H,16H2,1-6H3. The molecule has 0 unspecified atom stereocenters. The number of hydrogen-bond donors (Lipinski definition) is 0. The first-order valence-electron chi connectivity index (χ1n) is 11.5. The third kappa shape index (κ3) is 5.28. The molecule has 0 fully saturated rings. The van der Waals surface area contributed by atoms with Crippen LogP contribution in [0.25, 0.3) is 16.9 Å². The average molecular weight is 489 g/mol. The van der Waals surface area contributed by atoms with Gasteiger partial charge in [-0.2, -0.15) is 4.98 Å². The Hall–Kier alpha value is -3.51. The van der Waals surface area contributed by atoms with Crippen LogP contribution in [0.1, 0.15) is 49.1 Å². The van der Waals surface area contributed by atoms with Crippen molar-refractivity contribution in [2.75, 3.05) is 0 Å². The lowest BCUT2D eigenvalue weighted by Gasteiger charge is -2.18. The molecule has 0 N–H and O–H groups in total. The minimum absolute atomic E-state index is 0.186. The smallest absolute Gasteiger partial charge is 0.264 e. The van der Waals surface area contributed by atoms with E-state index in [1.807, 2.05) is 49.4 Å². The number of ether oxygens (including phenoxy) is 1. The van der Waals surface area contributed by atoms with Crippen LogP contribution in [0.5, 0.6) is 5.88 Å². The SMILES string of the molecule is Cc1cccc(COc2nc(C)n(-c3cc(-c4ccnc(C(C)(C)C)n4)ccc3Cl)c(=O)c2C)c1. The Balaban J connectivity index is 1.72. The van der Waals surface area contributed by atoms with E-state index in [2.05, 4.69) is 30.7 Å². The molecule has 0 aliphatic carbocycles. The summed E-state index contributed by atoms with van der Waals surface area (Å²) in [6, 6.07) is 15.4. The first kappa shape index (κ1) is 24.6. The normalized spacial score (nSPS) is 11.5. The first-order valence-corrected chi connectivity index (χ1v) is 11.8. The van der Waals surface area contributed by atoms with Gasteiger partial charge in [0.05, 0.1) is 22.0 Å². The molecule has 0 aliphatic rings. The summed E-state index contributed by atoms with van der Waals surface area (Å²) < 4.78 is 7.44. The van der Waals surface area contributed by atoms with Crippen molar-refractivity contribution < 1.29 is 4.74 Å². The van der Waals surface area contributed by atoms with E-state index in [1.54, 1.807) is 26.1 Å². The van der Waals surface area contributed by atoms with Gasteiger partial charge in [0.25, 0.3) is 5.56 Å². The van der Waals surface area contributed by atoms with Gasteiger partial charge in [0.1, 0.15) is 18.3 Å². The largest absolute Gasteiger partial charge is 0.472 e. The highest BCUT2D eigenvalue weighted by Crippen LogP contribution is 2.29. The van der Waals surface area contributed by atoms with Gasteiger partial charge in [-0.1, -0.05) is 68.3 Å². The summed E-state index contributed by atoms with van der Waals surface area (Å²) >= 11 is 6.56. The van der Waals surface area contributed by atoms with Gasteiger partial charge >= 0.3 is 0 Å². The number of nitrogens with zero attached hydrogens (tertiary/aromatic N) is 4. The molecule has 0 aliphatic heterocycles. The second-order valence-corrected chi connectivity index (χ2v) is 10.1. The van der Waals surface area contributed by atoms with E-state index in [4.69, 9.17) is 21.3 Å². The zero-order chi connectivity index (χ0) is 25.3. The molecule has 0 spiro atoms. The van der Waals surface area contributed by atoms with Crippen LogP contribution in [0.15, 0.2) is 59.5 Å². The van der Waals surface area contributed by atoms with Gasteiger partial charge < -0.3 is 4.74 Å². The molecule has 2 heterocycles. The molecule has 0 bridgehead atoms. The van der Waals surface area contributed by atoms with E-state index < -0.39 is 0 Å². The number of benzene rings is 2. The van der Waals surface area contributed by atoms with Crippen LogP contribution in [0, 0.1) is 20.8 Å². The number of aryl methyl sites for hydroxylation is 2. The molecule has 0 saturated heterocycles. The molecule has 35 heavy (non-hydrogen) atoms. The number of hydrogen-bond acceptors (Lipinski definition) is 5. The summed E-state index contributed by atoms with van der Waals surface area (Å²) in [5, 5.41) is 0.443. The molecule has 0 saturated carbocycles. The quantitative estimate of drug-likeness (QED) is 0.337. The second kappa shape index (κ2) is 9.62.